The van der Waals surface area contributed by atoms with Crippen molar-refractivity contribution in [1.29, 1.82) is 0 Å². The zero-order chi connectivity index (χ0) is 16.0. The van der Waals surface area contributed by atoms with E-state index in [1.165, 1.54) is 12.1 Å². The lowest BCUT2D eigenvalue weighted by Crippen LogP contribution is -2.08. The van der Waals surface area contributed by atoms with Crippen molar-refractivity contribution in [1.82, 2.24) is 0 Å². The number of halogens is 1. The average molecular weight is 322 g/mol. The first-order chi connectivity index (χ1) is 10.6. The molecule has 0 amide bonds. The van der Waals surface area contributed by atoms with Gasteiger partial charge >= 0.3 is 7.60 Å². The van der Waals surface area contributed by atoms with E-state index in [0.717, 1.165) is 5.56 Å². The number of hydrogen-bond acceptors (Lipinski definition) is 3. The topological polar surface area (TPSA) is 35.5 Å². The normalized spacial score (nSPS) is 13.0. The van der Waals surface area contributed by atoms with Gasteiger partial charge in [0.1, 0.15) is 11.5 Å². The summed E-state index contributed by atoms with van der Waals surface area (Å²) in [6.45, 7) is 4.11. The number of benzene rings is 2. The first-order valence-corrected chi connectivity index (χ1v) is 8.91. The fourth-order valence-corrected chi connectivity index (χ4v) is 4.55. The van der Waals surface area contributed by atoms with Crippen LogP contribution in [-0.4, -0.2) is 13.2 Å². The van der Waals surface area contributed by atoms with E-state index in [1.807, 2.05) is 30.3 Å². The van der Waals surface area contributed by atoms with Gasteiger partial charge in [0, 0.05) is 0 Å². The lowest BCUT2D eigenvalue weighted by atomic mass is 10.0. The van der Waals surface area contributed by atoms with Crippen LogP contribution in [0.2, 0.25) is 0 Å². The summed E-state index contributed by atoms with van der Waals surface area (Å²) in [5, 5.41) is 0. The van der Waals surface area contributed by atoms with Crippen molar-refractivity contribution in [2.45, 2.75) is 19.5 Å². The molecule has 2 rings (SSSR count). The summed E-state index contributed by atoms with van der Waals surface area (Å²) in [5.41, 5.74) is 0.950. The van der Waals surface area contributed by atoms with Gasteiger partial charge in [-0.3, -0.25) is 4.57 Å². The third-order valence-electron chi connectivity index (χ3n) is 3.24. The average Bonchev–Trinajstić information content (AvgIpc) is 2.51. The molecule has 0 bridgehead atoms. The van der Waals surface area contributed by atoms with Crippen LogP contribution >= 0.6 is 7.60 Å². The van der Waals surface area contributed by atoms with Gasteiger partial charge in [-0.15, -0.1) is 0 Å². The predicted octanol–water partition coefficient (Wildman–Crippen LogP) is 5.18. The molecule has 0 radical (unpaired) electrons. The van der Waals surface area contributed by atoms with Crippen LogP contribution in [-0.2, 0) is 13.6 Å². The first-order valence-electron chi connectivity index (χ1n) is 7.30. The van der Waals surface area contributed by atoms with E-state index in [2.05, 4.69) is 0 Å². The van der Waals surface area contributed by atoms with E-state index in [-0.39, 0.29) is 19.0 Å². The molecule has 0 saturated carbocycles. The molecule has 118 valence electrons. The van der Waals surface area contributed by atoms with E-state index < -0.39 is 13.3 Å². The summed E-state index contributed by atoms with van der Waals surface area (Å²) < 4.78 is 37.5. The minimum Gasteiger partial charge on any atom is -0.308 e. The van der Waals surface area contributed by atoms with Crippen molar-refractivity contribution >= 4 is 7.60 Å². The van der Waals surface area contributed by atoms with Crippen LogP contribution in [0.3, 0.4) is 0 Å². The van der Waals surface area contributed by atoms with E-state index in [0.29, 0.717) is 5.56 Å². The Bertz CT molecular complexity index is 618. The monoisotopic (exact) mass is 322 g/mol. The molecule has 0 saturated heterocycles. The Labute approximate surface area is 130 Å². The molecule has 1 unspecified atom stereocenters. The van der Waals surface area contributed by atoms with Gasteiger partial charge in [-0.2, -0.15) is 0 Å². The molecule has 5 heteroatoms. The minimum atomic E-state index is -3.41. The van der Waals surface area contributed by atoms with Crippen molar-refractivity contribution in [3.63, 3.8) is 0 Å². The predicted molar refractivity (Wildman–Crippen MR) is 85.5 cm³/mol. The second-order valence-electron chi connectivity index (χ2n) is 4.74. The van der Waals surface area contributed by atoms with Crippen molar-refractivity contribution in [2.75, 3.05) is 13.2 Å². The molecule has 0 aliphatic carbocycles. The zero-order valence-corrected chi connectivity index (χ0v) is 13.6. The molecule has 0 spiro atoms. The highest BCUT2D eigenvalue weighted by Gasteiger charge is 2.38. The Morgan fingerprint density at radius 2 is 1.41 bits per heavy atom. The van der Waals surface area contributed by atoms with Crippen molar-refractivity contribution < 1.29 is 18.0 Å². The Morgan fingerprint density at radius 1 is 0.909 bits per heavy atom. The molecule has 0 aliphatic rings. The van der Waals surface area contributed by atoms with Crippen LogP contribution in [0.1, 0.15) is 30.6 Å². The fourth-order valence-electron chi connectivity index (χ4n) is 2.38. The van der Waals surface area contributed by atoms with Crippen LogP contribution in [0.5, 0.6) is 0 Å². The van der Waals surface area contributed by atoms with Gasteiger partial charge in [-0.25, -0.2) is 4.39 Å². The van der Waals surface area contributed by atoms with Crippen molar-refractivity contribution in [3.8, 4) is 0 Å². The highest BCUT2D eigenvalue weighted by atomic mass is 31.2. The maximum absolute atomic E-state index is 13.3. The molecule has 2 aromatic rings. The minimum absolute atomic E-state index is 0.280. The molecule has 3 nitrogen and oxygen atoms in total. The summed E-state index contributed by atoms with van der Waals surface area (Å²) in [5.74, 6) is -0.335. The fraction of sp³-hybridized carbons (Fsp3) is 0.294. The summed E-state index contributed by atoms with van der Waals surface area (Å²) in [6, 6.07) is 15.3. The molecule has 0 aliphatic heterocycles. The third-order valence-corrected chi connectivity index (χ3v) is 5.70. The van der Waals surface area contributed by atoms with Gasteiger partial charge in [0.2, 0.25) is 0 Å². The van der Waals surface area contributed by atoms with Gasteiger partial charge in [0.05, 0.1) is 13.2 Å². The Kier molecular flexibility index (Phi) is 5.90. The van der Waals surface area contributed by atoms with Gasteiger partial charge < -0.3 is 9.05 Å². The van der Waals surface area contributed by atoms with Crippen LogP contribution < -0.4 is 0 Å². The SMILES string of the molecule is CCOP(=O)(OCC)C(c1ccccc1)c1ccc(F)cc1. The summed E-state index contributed by atoms with van der Waals surface area (Å²) >= 11 is 0. The van der Waals surface area contributed by atoms with Gasteiger partial charge in [0.25, 0.3) is 0 Å². The molecule has 0 heterocycles. The van der Waals surface area contributed by atoms with Gasteiger partial charge in [-0.1, -0.05) is 42.5 Å². The Hall–Kier alpha value is -1.48. The van der Waals surface area contributed by atoms with E-state index in [1.54, 1.807) is 26.0 Å². The maximum Gasteiger partial charge on any atom is 0.342 e. The highest BCUT2D eigenvalue weighted by molar-refractivity contribution is 7.54. The van der Waals surface area contributed by atoms with E-state index >= 15 is 0 Å². The van der Waals surface area contributed by atoms with Crippen LogP contribution in [0, 0.1) is 5.82 Å². The molecular formula is C17H20FO3P. The standard InChI is InChI=1S/C17H20FO3P/c1-3-20-22(19,21-4-2)17(14-8-6-5-7-9-14)15-10-12-16(18)13-11-15/h5-13,17H,3-4H2,1-2H3. The van der Waals surface area contributed by atoms with Crippen LogP contribution in [0.25, 0.3) is 0 Å². The largest absolute Gasteiger partial charge is 0.342 e. The molecule has 0 aromatic heterocycles. The lowest BCUT2D eigenvalue weighted by Gasteiger charge is -2.27. The van der Waals surface area contributed by atoms with E-state index in [9.17, 15) is 8.96 Å². The number of rotatable bonds is 7. The lowest BCUT2D eigenvalue weighted by molar-refractivity contribution is 0.215. The summed E-state index contributed by atoms with van der Waals surface area (Å²) in [6.07, 6.45) is 0. The summed E-state index contributed by atoms with van der Waals surface area (Å²) in [4.78, 5) is 0. The smallest absolute Gasteiger partial charge is 0.308 e. The second kappa shape index (κ2) is 7.68. The molecule has 0 N–H and O–H groups in total. The van der Waals surface area contributed by atoms with Crippen LogP contribution in [0.4, 0.5) is 4.39 Å². The van der Waals surface area contributed by atoms with Crippen molar-refractivity contribution in [2.24, 2.45) is 0 Å². The number of hydrogen-bond donors (Lipinski definition) is 0. The maximum atomic E-state index is 13.3. The van der Waals surface area contributed by atoms with Gasteiger partial charge in [-0.05, 0) is 37.1 Å². The molecular weight excluding hydrogens is 302 g/mol. The first kappa shape index (κ1) is 16.9. The quantitative estimate of drug-likeness (QED) is 0.659. The molecule has 0 fully saturated rings. The van der Waals surface area contributed by atoms with E-state index in [4.69, 9.17) is 9.05 Å². The molecule has 2 aromatic carbocycles. The highest BCUT2D eigenvalue weighted by Crippen LogP contribution is 2.63. The Balaban J connectivity index is 2.54. The summed E-state index contributed by atoms with van der Waals surface area (Å²) in [7, 11) is -3.41. The van der Waals surface area contributed by atoms with Crippen molar-refractivity contribution in [3.05, 3.63) is 71.5 Å². The zero-order valence-electron chi connectivity index (χ0n) is 12.7. The van der Waals surface area contributed by atoms with Crippen LogP contribution in [0.15, 0.2) is 54.6 Å². The molecule has 1 atom stereocenters. The molecule has 22 heavy (non-hydrogen) atoms. The third kappa shape index (κ3) is 3.83. The van der Waals surface area contributed by atoms with Gasteiger partial charge in [0.15, 0.2) is 0 Å². The second-order valence-corrected chi connectivity index (χ2v) is 6.85. The Morgan fingerprint density at radius 3 is 1.91 bits per heavy atom.